The number of nitrogens with zero attached hydrogens (tertiary/aromatic N) is 2. The fourth-order valence-corrected chi connectivity index (χ4v) is 2.02. The molecule has 0 atom stereocenters. The standard InChI is InChI=1S/C18H21N5O2/c1-2-16(24)23-13-14-5-7-15(8-6-14)17(25)19-9-3-10-20-18-21-11-4-12-22-18/h2,4-8,11-12H,1,3,9-10,13H2,(H,19,25)(H,23,24)(H,20,21,22). The zero-order valence-corrected chi connectivity index (χ0v) is 13.9. The molecular weight excluding hydrogens is 318 g/mol. The van der Waals surface area contributed by atoms with Gasteiger partial charge in [-0.3, -0.25) is 9.59 Å². The van der Waals surface area contributed by atoms with E-state index in [9.17, 15) is 9.59 Å². The number of carbonyl (C=O) groups is 2. The Morgan fingerprint density at radius 2 is 1.76 bits per heavy atom. The lowest BCUT2D eigenvalue weighted by atomic mass is 10.1. The number of carbonyl (C=O) groups excluding carboxylic acids is 2. The first kappa shape index (κ1) is 18.1. The summed E-state index contributed by atoms with van der Waals surface area (Å²) >= 11 is 0. The van der Waals surface area contributed by atoms with Gasteiger partial charge in [0.15, 0.2) is 0 Å². The van der Waals surface area contributed by atoms with E-state index in [1.807, 2.05) is 12.1 Å². The SMILES string of the molecule is C=CC(=O)NCc1ccc(C(=O)NCCCNc2ncccn2)cc1. The highest BCUT2D eigenvalue weighted by molar-refractivity contribution is 5.94. The van der Waals surface area contributed by atoms with Crippen LogP contribution in [-0.4, -0.2) is 34.9 Å². The van der Waals surface area contributed by atoms with Crippen LogP contribution in [0, 0.1) is 0 Å². The number of hydrogen-bond acceptors (Lipinski definition) is 5. The quantitative estimate of drug-likeness (QED) is 0.475. The van der Waals surface area contributed by atoms with Gasteiger partial charge in [0.2, 0.25) is 11.9 Å². The smallest absolute Gasteiger partial charge is 0.251 e. The molecule has 2 rings (SSSR count). The summed E-state index contributed by atoms with van der Waals surface area (Å²) in [5.74, 6) is 0.224. The maximum Gasteiger partial charge on any atom is 0.251 e. The Morgan fingerprint density at radius 1 is 1.04 bits per heavy atom. The van der Waals surface area contributed by atoms with Crippen LogP contribution in [0.15, 0.2) is 55.4 Å². The maximum absolute atomic E-state index is 12.1. The Hall–Kier alpha value is -3.22. The summed E-state index contributed by atoms with van der Waals surface area (Å²) < 4.78 is 0. The van der Waals surface area contributed by atoms with E-state index >= 15 is 0 Å². The normalized spacial score (nSPS) is 9.92. The van der Waals surface area contributed by atoms with E-state index in [4.69, 9.17) is 0 Å². The molecule has 0 bridgehead atoms. The predicted molar refractivity (Wildman–Crippen MR) is 96.0 cm³/mol. The monoisotopic (exact) mass is 339 g/mol. The molecular formula is C18H21N5O2. The number of amides is 2. The number of hydrogen-bond donors (Lipinski definition) is 3. The number of rotatable bonds is 9. The first-order valence-corrected chi connectivity index (χ1v) is 7.97. The fraction of sp³-hybridized carbons (Fsp3) is 0.222. The molecule has 2 amide bonds. The fourth-order valence-electron chi connectivity index (χ4n) is 2.02. The molecule has 0 unspecified atom stereocenters. The molecule has 1 aromatic carbocycles. The van der Waals surface area contributed by atoms with Crippen molar-refractivity contribution < 1.29 is 9.59 Å². The summed E-state index contributed by atoms with van der Waals surface area (Å²) in [6.07, 6.45) is 5.32. The molecule has 25 heavy (non-hydrogen) atoms. The summed E-state index contributed by atoms with van der Waals surface area (Å²) in [4.78, 5) is 31.3. The second kappa shape index (κ2) is 9.82. The van der Waals surface area contributed by atoms with Crippen LogP contribution < -0.4 is 16.0 Å². The van der Waals surface area contributed by atoms with E-state index in [-0.39, 0.29) is 11.8 Å². The van der Waals surface area contributed by atoms with Crippen LogP contribution >= 0.6 is 0 Å². The van der Waals surface area contributed by atoms with E-state index < -0.39 is 0 Å². The minimum absolute atomic E-state index is 0.127. The van der Waals surface area contributed by atoms with Crippen molar-refractivity contribution in [3.05, 3.63) is 66.5 Å². The van der Waals surface area contributed by atoms with Crippen molar-refractivity contribution in [3.63, 3.8) is 0 Å². The van der Waals surface area contributed by atoms with Gasteiger partial charge in [0.05, 0.1) is 0 Å². The highest BCUT2D eigenvalue weighted by atomic mass is 16.2. The third-order valence-electron chi connectivity index (χ3n) is 3.36. The van der Waals surface area contributed by atoms with Gasteiger partial charge in [-0.05, 0) is 36.3 Å². The average Bonchev–Trinajstić information content (AvgIpc) is 2.67. The van der Waals surface area contributed by atoms with Crippen molar-refractivity contribution in [2.45, 2.75) is 13.0 Å². The molecule has 0 saturated carbocycles. The van der Waals surface area contributed by atoms with E-state index in [1.165, 1.54) is 6.08 Å². The van der Waals surface area contributed by atoms with Crippen LogP contribution in [0.2, 0.25) is 0 Å². The molecule has 0 fully saturated rings. The number of benzene rings is 1. The van der Waals surface area contributed by atoms with Crippen LogP contribution in [0.3, 0.4) is 0 Å². The van der Waals surface area contributed by atoms with Crippen molar-refractivity contribution in [2.24, 2.45) is 0 Å². The molecule has 0 spiro atoms. The topological polar surface area (TPSA) is 96.0 Å². The predicted octanol–water partition coefficient (Wildman–Crippen LogP) is 1.51. The van der Waals surface area contributed by atoms with Gasteiger partial charge in [-0.2, -0.15) is 0 Å². The largest absolute Gasteiger partial charge is 0.354 e. The third-order valence-corrected chi connectivity index (χ3v) is 3.36. The van der Waals surface area contributed by atoms with Crippen LogP contribution in [-0.2, 0) is 11.3 Å². The molecule has 0 saturated heterocycles. The second-order valence-electron chi connectivity index (χ2n) is 5.23. The molecule has 3 N–H and O–H groups in total. The average molecular weight is 339 g/mol. The molecule has 1 aromatic heterocycles. The van der Waals surface area contributed by atoms with Crippen molar-refractivity contribution in [1.82, 2.24) is 20.6 Å². The van der Waals surface area contributed by atoms with Crippen LogP contribution in [0.25, 0.3) is 0 Å². The van der Waals surface area contributed by atoms with Gasteiger partial charge in [-0.1, -0.05) is 18.7 Å². The molecule has 0 aliphatic rings. The van der Waals surface area contributed by atoms with E-state index in [1.54, 1.807) is 30.6 Å². The first-order chi connectivity index (χ1) is 12.2. The highest BCUT2D eigenvalue weighted by Gasteiger charge is 2.05. The van der Waals surface area contributed by atoms with Crippen LogP contribution in [0.5, 0.6) is 0 Å². The molecule has 7 nitrogen and oxygen atoms in total. The Labute approximate surface area is 146 Å². The minimum atomic E-state index is -0.226. The summed E-state index contributed by atoms with van der Waals surface area (Å²) in [6.45, 7) is 5.02. The molecule has 130 valence electrons. The van der Waals surface area contributed by atoms with Crippen molar-refractivity contribution in [3.8, 4) is 0 Å². The zero-order valence-electron chi connectivity index (χ0n) is 13.9. The molecule has 0 aliphatic carbocycles. The Balaban J connectivity index is 1.68. The van der Waals surface area contributed by atoms with E-state index in [0.717, 1.165) is 12.0 Å². The third kappa shape index (κ3) is 6.42. The van der Waals surface area contributed by atoms with E-state index in [0.29, 0.717) is 31.1 Å². The zero-order chi connectivity index (χ0) is 17.9. The van der Waals surface area contributed by atoms with Gasteiger partial charge in [-0.25, -0.2) is 9.97 Å². The van der Waals surface area contributed by atoms with Crippen LogP contribution in [0.1, 0.15) is 22.3 Å². The number of aromatic nitrogens is 2. The summed E-state index contributed by atoms with van der Waals surface area (Å²) in [6, 6.07) is 8.85. The van der Waals surface area contributed by atoms with Crippen molar-refractivity contribution >= 4 is 17.8 Å². The summed E-state index contributed by atoms with van der Waals surface area (Å²) in [7, 11) is 0. The number of nitrogens with one attached hydrogen (secondary N) is 3. The molecule has 1 heterocycles. The lowest BCUT2D eigenvalue weighted by molar-refractivity contribution is -0.116. The summed E-state index contributed by atoms with van der Waals surface area (Å²) in [5.41, 5.74) is 1.50. The van der Waals surface area contributed by atoms with Crippen LogP contribution in [0.4, 0.5) is 5.95 Å². The maximum atomic E-state index is 12.1. The van der Waals surface area contributed by atoms with Crippen molar-refractivity contribution in [1.29, 1.82) is 0 Å². The Kier molecular flexibility index (Phi) is 7.12. The van der Waals surface area contributed by atoms with E-state index in [2.05, 4.69) is 32.5 Å². The lowest BCUT2D eigenvalue weighted by Crippen LogP contribution is -2.26. The van der Waals surface area contributed by atoms with Gasteiger partial charge in [-0.15, -0.1) is 0 Å². The van der Waals surface area contributed by atoms with Crippen molar-refractivity contribution in [2.75, 3.05) is 18.4 Å². The number of anilines is 1. The van der Waals surface area contributed by atoms with Gasteiger partial charge in [0.25, 0.3) is 5.91 Å². The van der Waals surface area contributed by atoms with Gasteiger partial charge in [0, 0.05) is 37.6 Å². The van der Waals surface area contributed by atoms with Gasteiger partial charge >= 0.3 is 0 Å². The molecule has 0 radical (unpaired) electrons. The second-order valence-corrected chi connectivity index (χ2v) is 5.23. The van der Waals surface area contributed by atoms with Gasteiger partial charge < -0.3 is 16.0 Å². The Morgan fingerprint density at radius 3 is 2.44 bits per heavy atom. The molecule has 0 aliphatic heterocycles. The van der Waals surface area contributed by atoms with Gasteiger partial charge in [0.1, 0.15) is 0 Å². The molecule has 2 aromatic rings. The minimum Gasteiger partial charge on any atom is -0.354 e. The highest BCUT2D eigenvalue weighted by Crippen LogP contribution is 2.04. The lowest BCUT2D eigenvalue weighted by Gasteiger charge is -2.07. The Bertz CT molecular complexity index is 701. The molecule has 7 heteroatoms. The summed E-state index contributed by atoms with van der Waals surface area (Å²) in [5, 5.41) is 8.62. The first-order valence-electron chi connectivity index (χ1n) is 7.97.